The zero-order valence-electron chi connectivity index (χ0n) is 15.5. The van der Waals surface area contributed by atoms with Gasteiger partial charge < -0.3 is 20.1 Å². The molecule has 0 aliphatic carbocycles. The van der Waals surface area contributed by atoms with Crippen molar-refractivity contribution < 1.29 is 19.1 Å². The van der Waals surface area contributed by atoms with E-state index in [0.717, 1.165) is 22.9 Å². The molecular weight excluding hydrogens is 400 g/mol. The first-order chi connectivity index (χ1) is 12.4. The zero-order chi connectivity index (χ0) is 19.3. The molecule has 1 aliphatic rings. The highest BCUT2D eigenvalue weighted by Gasteiger charge is 2.32. The lowest BCUT2D eigenvalue weighted by Crippen LogP contribution is -2.45. The number of benzene rings is 1. The molecule has 0 unspecified atom stereocenters. The van der Waals surface area contributed by atoms with Crippen molar-refractivity contribution in [3.63, 3.8) is 0 Å². The Hall–Kier alpha value is -2.02. The van der Waals surface area contributed by atoms with Crippen LogP contribution < -0.4 is 15.4 Å². The number of hydrogen-bond donors (Lipinski definition) is 2. The van der Waals surface area contributed by atoms with Crippen molar-refractivity contribution >= 4 is 27.9 Å². The van der Waals surface area contributed by atoms with Gasteiger partial charge in [-0.2, -0.15) is 0 Å². The lowest BCUT2D eigenvalue weighted by molar-refractivity contribution is -0.141. The van der Waals surface area contributed by atoms with Crippen molar-refractivity contribution in [2.45, 2.75) is 39.7 Å². The van der Waals surface area contributed by atoms with E-state index in [4.69, 9.17) is 9.47 Å². The van der Waals surface area contributed by atoms with Crippen LogP contribution in [0.15, 0.2) is 33.9 Å². The molecule has 1 atom stereocenters. The Bertz CT molecular complexity index is 713. The van der Waals surface area contributed by atoms with Crippen molar-refractivity contribution in [3.05, 3.63) is 39.5 Å². The summed E-state index contributed by atoms with van der Waals surface area (Å²) in [5.74, 6) is 0.589. The number of allylic oxidation sites excluding steroid dienone is 1. The van der Waals surface area contributed by atoms with Crippen LogP contribution >= 0.6 is 15.9 Å². The van der Waals surface area contributed by atoms with Crippen LogP contribution in [0.5, 0.6) is 5.75 Å². The quantitative estimate of drug-likeness (QED) is 0.646. The molecular formula is C19H25BrN2O4. The van der Waals surface area contributed by atoms with Gasteiger partial charge in [0.2, 0.25) is 0 Å². The average Bonchev–Trinajstić information content (AvgIpc) is 2.61. The van der Waals surface area contributed by atoms with Gasteiger partial charge >= 0.3 is 12.0 Å². The van der Waals surface area contributed by atoms with E-state index in [0.29, 0.717) is 29.5 Å². The molecule has 0 saturated heterocycles. The molecule has 0 fully saturated rings. The summed E-state index contributed by atoms with van der Waals surface area (Å²) in [5.41, 5.74) is 1.68. The van der Waals surface area contributed by atoms with Crippen LogP contribution in [-0.4, -0.2) is 25.7 Å². The van der Waals surface area contributed by atoms with E-state index < -0.39 is 12.0 Å². The Morgan fingerprint density at radius 2 is 2.00 bits per heavy atom. The van der Waals surface area contributed by atoms with Crippen molar-refractivity contribution in [2.75, 3.05) is 13.7 Å². The minimum absolute atomic E-state index is 0.333. The van der Waals surface area contributed by atoms with Crippen molar-refractivity contribution in [1.29, 1.82) is 0 Å². The van der Waals surface area contributed by atoms with Gasteiger partial charge in [-0.3, -0.25) is 0 Å². The summed E-state index contributed by atoms with van der Waals surface area (Å²) in [4.78, 5) is 24.7. The second-order valence-corrected chi connectivity index (χ2v) is 7.10. The Labute approximate surface area is 162 Å². The highest BCUT2D eigenvalue weighted by molar-refractivity contribution is 9.10. The molecule has 1 aromatic rings. The fraction of sp³-hybridized carbons (Fsp3) is 0.474. The fourth-order valence-electron chi connectivity index (χ4n) is 2.87. The highest BCUT2D eigenvalue weighted by atomic mass is 79.9. The summed E-state index contributed by atoms with van der Waals surface area (Å²) < 4.78 is 11.5. The number of hydrogen-bond acceptors (Lipinski definition) is 4. The fourth-order valence-corrected chi connectivity index (χ4v) is 3.43. The number of urea groups is 1. The summed E-state index contributed by atoms with van der Waals surface area (Å²) >= 11 is 3.44. The average molecular weight is 425 g/mol. The standard InChI is InChI=1S/C19H25BrN2O4/c1-5-12(6-2)10-26-18(23)16-11(3)21-19(24)22-17(16)13-7-8-15(25-4)14(20)9-13/h7-9,12,17H,5-6,10H2,1-4H3,(H2,21,22,24)/t17-/m0/s1. The Morgan fingerprint density at radius 3 is 2.58 bits per heavy atom. The molecule has 7 heteroatoms. The molecule has 2 rings (SSSR count). The normalized spacial score (nSPS) is 17.0. The molecule has 26 heavy (non-hydrogen) atoms. The Morgan fingerprint density at radius 1 is 1.31 bits per heavy atom. The number of nitrogens with one attached hydrogen (secondary N) is 2. The molecule has 0 bridgehead atoms. The predicted octanol–water partition coefficient (Wildman–Crippen LogP) is 4.07. The summed E-state index contributed by atoms with van der Waals surface area (Å²) in [6, 6.07) is 4.50. The number of amides is 2. The number of halogens is 1. The van der Waals surface area contributed by atoms with Crippen LogP contribution in [0, 0.1) is 5.92 Å². The molecule has 142 valence electrons. The number of carbonyl (C=O) groups excluding carboxylic acids is 2. The molecule has 2 N–H and O–H groups in total. The minimum Gasteiger partial charge on any atom is -0.496 e. The molecule has 0 radical (unpaired) electrons. The molecule has 0 saturated carbocycles. The molecule has 1 aliphatic heterocycles. The third kappa shape index (κ3) is 4.58. The number of esters is 1. The van der Waals surface area contributed by atoms with E-state index in [1.54, 1.807) is 20.1 Å². The topological polar surface area (TPSA) is 76.7 Å². The van der Waals surface area contributed by atoms with E-state index in [1.165, 1.54) is 0 Å². The molecule has 1 heterocycles. The summed E-state index contributed by atoms with van der Waals surface area (Å²) in [6.45, 7) is 6.23. The zero-order valence-corrected chi connectivity index (χ0v) is 17.1. The van der Waals surface area contributed by atoms with Crippen LogP contribution in [0.25, 0.3) is 0 Å². The van der Waals surface area contributed by atoms with Gasteiger partial charge in [-0.1, -0.05) is 32.8 Å². The SMILES string of the molecule is CCC(CC)COC(=O)C1=C(C)NC(=O)N[C@H]1c1ccc(OC)c(Br)c1. The third-order valence-electron chi connectivity index (χ3n) is 4.60. The summed E-state index contributed by atoms with van der Waals surface area (Å²) in [5, 5.41) is 5.46. The largest absolute Gasteiger partial charge is 0.496 e. The minimum atomic E-state index is -0.583. The van der Waals surface area contributed by atoms with Crippen LogP contribution in [0.2, 0.25) is 0 Å². The van der Waals surface area contributed by atoms with Crippen LogP contribution in [0.1, 0.15) is 45.2 Å². The molecule has 0 aromatic heterocycles. The number of carbonyl (C=O) groups is 2. The van der Waals surface area contributed by atoms with E-state index in [-0.39, 0.29) is 6.03 Å². The first-order valence-electron chi connectivity index (χ1n) is 8.70. The Balaban J connectivity index is 2.30. The number of rotatable bonds is 7. The molecule has 6 nitrogen and oxygen atoms in total. The number of ether oxygens (including phenoxy) is 2. The van der Waals surface area contributed by atoms with Gasteiger partial charge in [-0.25, -0.2) is 9.59 Å². The maximum absolute atomic E-state index is 12.7. The van der Waals surface area contributed by atoms with E-state index in [2.05, 4.69) is 40.4 Å². The summed E-state index contributed by atoms with van der Waals surface area (Å²) in [7, 11) is 1.58. The second kappa shape index (κ2) is 9.07. The predicted molar refractivity (Wildman–Crippen MR) is 103 cm³/mol. The van der Waals surface area contributed by atoms with Crippen LogP contribution in [-0.2, 0) is 9.53 Å². The van der Waals surface area contributed by atoms with Gasteiger partial charge in [0.25, 0.3) is 0 Å². The molecule has 0 spiro atoms. The van der Waals surface area contributed by atoms with Crippen LogP contribution in [0.3, 0.4) is 0 Å². The van der Waals surface area contributed by atoms with Gasteiger partial charge in [0.15, 0.2) is 0 Å². The van der Waals surface area contributed by atoms with E-state index >= 15 is 0 Å². The van der Waals surface area contributed by atoms with Gasteiger partial charge in [0, 0.05) is 5.70 Å². The first kappa shape index (κ1) is 20.3. The molecule has 1 aromatic carbocycles. The van der Waals surface area contributed by atoms with Gasteiger partial charge in [-0.15, -0.1) is 0 Å². The van der Waals surface area contributed by atoms with Crippen molar-refractivity contribution in [3.8, 4) is 5.75 Å². The van der Waals surface area contributed by atoms with E-state index in [1.807, 2.05) is 12.1 Å². The van der Waals surface area contributed by atoms with E-state index in [9.17, 15) is 9.59 Å². The van der Waals surface area contributed by atoms with Gasteiger partial charge in [0.05, 0.1) is 29.8 Å². The highest BCUT2D eigenvalue weighted by Crippen LogP contribution is 2.33. The monoisotopic (exact) mass is 424 g/mol. The number of methoxy groups -OCH3 is 1. The Kier molecular flexibility index (Phi) is 7.08. The van der Waals surface area contributed by atoms with Crippen LogP contribution in [0.4, 0.5) is 4.79 Å². The maximum Gasteiger partial charge on any atom is 0.338 e. The summed E-state index contributed by atoms with van der Waals surface area (Å²) in [6.07, 6.45) is 1.90. The maximum atomic E-state index is 12.7. The third-order valence-corrected chi connectivity index (χ3v) is 5.22. The van der Waals surface area contributed by atoms with Crippen molar-refractivity contribution in [1.82, 2.24) is 10.6 Å². The van der Waals surface area contributed by atoms with Crippen molar-refractivity contribution in [2.24, 2.45) is 5.92 Å². The lowest BCUT2D eigenvalue weighted by Gasteiger charge is -2.28. The van der Waals surface area contributed by atoms with Gasteiger partial charge in [0.1, 0.15) is 5.75 Å². The molecule has 2 amide bonds. The lowest BCUT2D eigenvalue weighted by atomic mass is 9.95. The second-order valence-electron chi connectivity index (χ2n) is 6.25. The first-order valence-corrected chi connectivity index (χ1v) is 9.49. The smallest absolute Gasteiger partial charge is 0.338 e. The van der Waals surface area contributed by atoms with Gasteiger partial charge in [-0.05, 0) is 46.5 Å².